The van der Waals surface area contributed by atoms with Crippen molar-refractivity contribution in [3.8, 4) is 5.75 Å². The summed E-state index contributed by atoms with van der Waals surface area (Å²) in [5.41, 5.74) is 2.41. The van der Waals surface area contributed by atoms with Gasteiger partial charge in [-0.2, -0.15) is 0 Å². The van der Waals surface area contributed by atoms with Gasteiger partial charge in [-0.05, 0) is 41.7 Å². The van der Waals surface area contributed by atoms with E-state index < -0.39 is 0 Å². The Hall–Kier alpha value is -1.35. The summed E-state index contributed by atoms with van der Waals surface area (Å²) in [5.74, 6) is 0.568. The number of hydrogen-bond donors (Lipinski definition) is 0. The predicted molar refractivity (Wildman–Crippen MR) is 88.2 cm³/mol. The van der Waals surface area contributed by atoms with Gasteiger partial charge in [-0.25, -0.2) is 4.39 Å². The van der Waals surface area contributed by atoms with Crippen LogP contribution in [0.1, 0.15) is 38.3 Å². The van der Waals surface area contributed by atoms with Crippen molar-refractivity contribution in [2.75, 3.05) is 0 Å². The van der Waals surface area contributed by atoms with Gasteiger partial charge in [0, 0.05) is 10.0 Å². The van der Waals surface area contributed by atoms with Crippen LogP contribution in [0.15, 0.2) is 46.9 Å². The standard InChI is InChI=1S/C18H20BrFO/c1-4-18(2,3)14-6-9-16(10-7-14)21-12-13-5-8-15(20)11-17(13)19/h5-11H,4,12H2,1-3H3. The molecule has 0 bridgehead atoms. The second kappa shape index (κ2) is 6.61. The fourth-order valence-corrected chi connectivity index (χ4v) is 2.47. The van der Waals surface area contributed by atoms with E-state index in [1.54, 1.807) is 6.07 Å². The molecule has 0 saturated carbocycles. The molecule has 0 saturated heterocycles. The highest BCUT2D eigenvalue weighted by Gasteiger charge is 2.17. The van der Waals surface area contributed by atoms with E-state index in [-0.39, 0.29) is 11.2 Å². The van der Waals surface area contributed by atoms with Gasteiger partial charge in [-0.15, -0.1) is 0 Å². The van der Waals surface area contributed by atoms with Crippen molar-refractivity contribution in [3.63, 3.8) is 0 Å². The summed E-state index contributed by atoms with van der Waals surface area (Å²) in [6.07, 6.45) is 1.09. The van der Waals surface area contributed by atoms with E-state index in [9.17, 15) is 4.39 Å². The topological polar surface area (TPSA) is 9.23 Å². The number of ether oxygens (including phenoxy) is 1. The van der Waals surface area contributed by atoms with Crippen LogP contribution in [0, 0.1) is 5.82 Å². The summed E-state index contributed by atoms with van der Waals surface area (Å²) in [6, 6.07) is 12.8. The van der Waals surface area contributed by atoms with Gasteiger partial charge in [0.25, 0.3) is 0 Å². The van der Waals surface area contributed by atoms with Gasteiger partial charge in [0.05, 0.1) is 0 Å². The number of benzene rings is 2. The number of hydrogen-bond acceptors (Lipinski definition) is 1. The third kappa shape index (κ3) is 4.07. The van der Waals surface area contributed by atoms with Crippen LogP contribution in [0.3, 0.4) is 0 Å². The molecule has 0 heterocycles. The Labute approximate surface area is 134 Å². The second-order valence-electron chi connectivity index (χ2n) is 5.79. The summed E-state index contributed by atoms with van der Waals surface area (Å²) >= 11 is 3.35. The summed E-state index contributed by atoms with van der Waals surface area (Å²) in [7, 11) is 0. The van der Waals surface area contributed by atoms with E-state index in [2.05, 4.69) is 48.8 Å². The molecule has 2 aromatic rings. The monoisotopic (exact) mass is 350 g/mol. The zero-order valence-corrected chi connectivity index (χ0v) is 14.2. The van der Waals surface area contributed by atoms with E-state index in [1.807, 2.05) is 12.1 Å². The molecule has 2 rings (SSSR count). The van der Waals surface area contributed by atoms with E-state index in [0.29, 0.717) is 6.61 Å². The van der Waals surface area contributed by atoms with Crippen LogP contribution in [-0.2, 0) is 12.0 Å². The van der Waals surface area contributed by atoms with Crippen LogP contribution in [0.2, 0.25) is 0 Å². The molecule has 0 atom stereocenters. The van der Waals surface area contributed by atoms with Gasteiger partial charge < -0.3 is 4.74 Å². The smallest absolute Gasteiger partial charge is 0.124 e. The molecule has 1 nitrogen and oxygen atoms in total. The van der Waals surface area contributed by atoms with Crippen LogP contribution >= 0.6 is 15.9 Å². The van der Waals surface area contributed by atoms with Crippen LogP contribution < -0.4 is 4.74 Å². The van der Waals surface area contributed by atoms with Crippen LogP contribution in [0.4, 0.5) is 4.39 Å². The fraction of sp³-hybridized carbons (Fsp3) is 0.333. The van der Waals surface area contributed by atoms with Crippen LogP contribution in [-0.4, -0.2) is 0 Å². The van der Waals surface area contributed by atoms with Gasteiger partial charge in [0.1, 0.15) is 18.2 Å². The summed E-state index contributed by atoms with van der Waals surface area (Å²) in [6.45, 7) is 7.07. The molecule has 0 spiro atoms. The fourth-order valence-electron chi connectivity index (χ4n) is 2.01. The van der Waals surface area contributed by atoms with Crippen molar-refractivity contribution in [2.24, 2.45) is 0 Å². The minimum absolute atomic E-state index is 0.179. The molecule has 0 amide bonds. The lowest BCUT2D eigenvalue weighted by Gasteiger charge is -2.23. The molecular weight excluding hydrogens is 331 g/mol. The highest BCUT2D eigenvalue weighted by atomic mass is 79.9. The first-order valence-corrected chi connectivity index (χ1v) is 7.89. The van der Waals surface area contributed by atoms with Gasteiger partial charge in [-0.3, -0.25) is 0 Å². The predicted octanol–water partition coefficient (Wildman–Crippen LogP) is 5.85. The lowest BCUT2D eigenvalue weighted by atomic mass is 9.82. The van der Waals surface area contributed by atoms with E-state index >= 15 is 0 Å². The number of rotatable bonds is 5. The minimum atomic E-state index is -0.253. The average molecular weight is 351 g/mol. The molecule has 2 aromatic carbocycles. The first-order valence-electron chi connectivity index (χ1n) is 7.09. The molecule has 0 radical (unpaired) electrons. The Morgan fingerprint density at radius 1 is 1.10 bits per heavy atom. The zero-order chi connectivity index (χ0) is 15.5. The first-order chi connectivity index (χ1) is 9.92. The highest BCUT2D eigenvalue weighted by Crippen LogP contribution is 2.28. The van der Waals surface area contributed by atoms with Crippen molar-refractivity contribution in [3.05, 3.63) is 63.9 Å². The third-order valence-corrected chi connectivity index (χ3v) is 4.67. The number of halogens is 2. The van der Waals surface area contributed by atoms with Crippen molar-refractivity contribution < 1.29 is 9.13 Å². The normalized spacial score (nSPS) is 11.5. The maximum absolute atomic E-state index is 13.0. The Morgan fingerprint density at radius 3 is 2.33 bits per heavy atom. The largest absolute Gasteiger partial charge is 0.489 e. The molecule has 0 N–H and O–H groups in total. The molecule has 0 unspecified atom stereocenters. The Balaban J connectivity index is 2.04. The van der Waals surface area contributed by atoms with Crippen LogP contribution in [0.5, 0.6) is 5.75 Å². The second-order valence-corrected chi connectivity index (χ2v) is 6.64. The summed E-state index contributed by atoms with van der Waals surface area (Å²) < 4.78 is 19.5. The van der Waals surface area contributed by atoms with E-state index in [1.165, 1.54) is 17.7 Å². The molecule has 21 heavy (non-hydrogen) atoms. The van der Waals surface area contributed by atoms with Crippen molar-refractivity contribution in [1.82, 2.24) is 0 Å². The minimum Gasteiger partial charge on any atom is -0.489 e. The lowest BCUT2D eigenvalue weighted by molar-refractivity contribution is 0.305. The third-order valence-electron chi connectivity index (χ3n) is 3.93. The van der Waals surface area contributed by atoms with Crippen molar-refractivity contribution in [1.29, 1.82) is 0 Å². The zero-order valence-electron chi connectivity index (χ0n) is 12.6. The van der Waals surface area contributed by atoms with Crippen molar-refractivity contribution in [2.45, 2.75) is 39.2 Å². The Morgan fingerprint density at radius 2 is 1.76 bits per heavy atom. The Bertz CT molecular complexity index is 605. The molecule has 0 aliphatic heterocycles. The summed E-state index contributed by atoms with van der Waals surface area (Å²) in [5, 5.41) is 0. The van der Waals surface area contributed by atoms with E-state index in [0.717, 1.165) is 22.2 Å². The SMILES string of the molecule is CCC(C)(C)c1ccc(OCc2ccc(F)cc2Br)cc1. The molecule has 0 aromatic heterocycles. The molecule has 3 heteroatoms. The lowest BCUT2D eigenvalue weighted by Crippen LogP contribution is -2.15. The molecule has 112 valence electrons. The van der Waals surface area contributed by atoms with Crippen LogP contribution in [0.25, 0.3) is 0 Å². The molecule has 0 aliphatic rings. The maximum atomic E-state index is 13.0. The average Bonchev–Trinajstić information content (AvgIpc) is 2.47. The molecular formula is C18H20BrFO. The van der Waals surface area contributed by atoms with Crippen molar-refractivity contribution >= 4 is 15.9 Å². The quantitative estimate of drug-likeness (QED) is 0.656. The van der Waals surface area contributed by atoms with Gasteiger partial charge in [-0.1, -0.05) is 54.9 Å². The highest BCUT2D eigenvalue weighted by molar-refractivity contribution is 9.10. The Kier molecular flexibility index (Phi) is 5.04. The summed E-state index contributed by atoms with van der Waals surface area (Å²) in [4.78, 5) is 0. The maximum Gasteiger partial charge on any atom is 0.124 e. The molecule has 0 fully saturated rings. The van der Waals surface area contributed by atoms with E-state index in [4.69, 9.17) is 4.74 Å². The van der Waals surface area contributed by atoms with Gasteiger partial charge >= 0.3 is 0 Å². The van der Waals surface area contributed by atoms with Gasteiger partial charge in [0.2, 0.25) is 0 Å². The van der Waals surface area contributed by atoms with Gasteiger partial charge in [0.15, 0.2) is 0 Å². The molecule has 0 aliphatic carbocycles. The first kappa shape index (κ1) is 16.0.